The molecule has 0 radical (unpaired) electrons. The van der Waals surface area contributed by atoms with Gasteiger partial charge in [-0.2, -0.15) is 0 Å². The lowest BCUT2D eigenvalue weighted by Gasteiger charge is -2.10. The Hall–Kier alpha value is -2.68. The van der Waals surface area contributed by atoms with Gasteiger partial charge in [0, 0.05) is 29.6 Å². The Labute approximate surface area is 116 Å². The van der Waals surface area contributed by atoms with Crippen molar-refractivity contribution in [1.82, 2.24) is 4.98 Å². The Balaban J connectivity index is 2.23. The highest BCUT2D eigenvalue weighted by molar-refractivity contribution is 5.95. The van der Waals surface area contributed by atoms with Crippen molar-refractivity contribution in [2.75, 3.05) is 0 Å². The van der Waals surface area contributed by atoms with Crippen LogP contribution >= 0.6 is 0 Å². The van der Waals surface area contributed by atoms with Crippen LogP contribution in [0.15, 0.2) is 60.8 Å². The zero-order valence-electron chi connectivity index (χ0n) is 11.0. The van der Waals surface area contributed by atoms with Crippen molar-refractivity contribution in [2.24, 2.45) is 0 Å². The molecule has 1 aromatic heterocycles. The summed E-state index contributed by atoms with van der Waals surface area (Å²) in [6.45, 7) is 1.40. The molecule has 3 rings (SSSR count). The molecule has 3 aromatic rings. The van der Waals surface area contributed by atoms with Crippen LogP contribution in [0.4, 0.5) is 0 Å². The van der Waals surface area contributed by atoms with E-state index in [1.165, 1.54) is 6.92 Å². The highest BCUT2D eigenvalue weighted by atomic mass is 16.5. The van der Waals surface area contributed by atoms with Crippen molar-refractivity contribution in [3.8, 4) is 16.9 Å². The molecule has 0 aliphatic heterocycles. The quantitative estimate of drug-likeness (QED) is 0.521. The van der Waals surface area contributed by atoms with Gasteiger partial charge in [0.15, 0.2) is 0 Å². The highest BCUT2D eigenvalue weighted by Gasteiger charge is 2.11. The fourth-order valence-electron chi connectivity index (χ4n) is 2.25. The number of rotatable bonds is 2. The maximum atomic E-state index is 11.2. The van der Waals surface area contributed by atoms with Gasteiger partial charge >= 0.3 is 5.97 Å². The van der Waals surface area contributed by atoms with E-state index in [1.54, 1.807) is 12.3 Å². The van der Waals surface area contributed by atoms with Gasteiger partial charge in [-0.25, -0.2) is 0 Å². The molecule has 0 aliphatic rings. The third-order valence-electron chi connectivity index (χ3n) is 3.06. The standard InChI is InChI=1S/C17H13NO2/c1-12(19)20-16-10-3-2-8-14(16)15-9-4-6-13-7-5-11-18-17(13)15/h2-11H,1H3. The average molecular weight is 263 g/mol. The number of pyridine rings is 1. The largest absolute Gasteiger partial charge is 0.426 e. The Bertz CT molecular complexity index is 775. The van der Waals surface area contributed by atoms with Gasteiger partial charge in [-0.05, 0) is 12.1 Å². The minimum atomic E-state index is -0.328. The number of hydrogen-bond acceptors (Lipinski definition) is 3. The molecular weight excluding hydrogens is 250 g/mol. The van der Waals surface area contributed by atoms with E-state index in [9.17, 15) is 4.79 Å². The maximum absolute atomic E-state index is 11.2. The first-order chi connectivity index (χ1) is 9.75. The number of esters is 1. The van der Waals surface area contributed by atoms with Gasteiger partial charge in [0.25, 0.3) is 0 Å². The monoisotopic (exact) mass is 263 g/mol. The van der Waals surface area contributed by atoms with Crippen LogP contribution in [0.25, 0.3) is 22.0 Å². The Morgan fingerprint density at radius 3 is 2.55 bits per heavy atom. The van der Waals surface area contributed by atoms with Crippen LogP contribution in [0.1, 0.15) is 6.92 Å². The number of carbonyl (C=O) groups is 1. The summed E-state index contributed by atoms with van der Waals surface area (Å²) in [4.78, 5) is 15.7. The molecule has 1 heterocycles. The summed E-state index contributed by atoms with van der Waals surface area (Å²) < 4.78 is 5.28. The summed E-state index contributed by atoms with van der Waals surface area (Å²) in [6.07, 6.45) is 1.76. The van der Waals surface area contributed by atoms with Crippen LogP contribution in [0.2, 0.25) is 0 Å². The van der Waals surface area contributed by atoms with Gasteiger partial charge in [-0.15, -0.1) is 0 Å². The molecule has 0 aliphatic carbocycles. The van der Waals surface area contributed by atoms with E-state index in [1.807, 2.05) is 48.5 Å². The van der Waals surface area contributed by atoms with E-state index in [0.717, 1.165) is 22.0 Å². The molecule has 20 heavy (non-hydrogen) atoms. The van der Waals surface area contributed by atoms with E-state index in [4.69, 9.17) is 4.74 Å². The first-order valence-corrected chi connectivity index (χ1v) is 6.37. The average Bonchev–Trinajstić information content (AvgIpc) is 2.47. The number of nitrogens with zero attached hydrogens (tertiary/aromatic N) is 1. The molecule has 2 aromatic carbocycles. The fraction of sp³-hybridized carbons (Fsp3) is 0.0588. The summed E-state index contributed by atoms with van der Waals surface area (Å²) >= 11 is 0. The van der Waals surface area contributed by atoms with Gasteiger partial charge in [0.05, 0.1) is 5.52 Å². The second-order valence-corrected chi connectivity index (χ2v) is 4.47. The lowest BCUT2D eigenvalue weighted by Crippen LogP contribution is -2.02. The molecule has 3 heteroatoms. The number of carbonyl (C=O) groups excluding carboxylic acids is 1. The van der Waals surface area contributed by atoms with Crippen molar-refractivity contribution in [1.29, 1.82) is 0 Å². The fourth-order valence-corrected chi connectivity index (χ4v) is 2.25. The normalized spacial score (nSPS) is 10.4. The zero-order chi connectivity index (χ0) is 13.9. The number of fused-ring (bicyclic) bond motifs is 1. The first-order valence-electron chi connectivity index (χ1n) is 6.37. The molecule has 98 valence electrons. The van der Waals surface area contributed by atoms with Crippen LogP contribution < -0.4 is 4.74 Å². The number of aromatic nitrogens is 1. The number of hydrogen-bond donors (Lipinski definition) is 0. The molecule has 0 spiro atoms. The molecule has 0 saturated carbocycles. The molecule has 0 bridgehead atoms. The van der Waals surface area contributed by atoms with E-state index in [2.05, 4.69) is 4.98 Å². The molecule has 0 atom stereocenters. The van der Waals surface area contributed by atoms with Gasteiger partial charge in [0.2, 0.25) is 0 Å². The van der Waals surface area contributed by atoms with Crippen molar-refractivity contribution < 1.29 is 9.53 Å². The van der Waals surface area contributed by atoms with Gasteiger partial charge in [-0.1, -0.05) is 42.5 Å². The molecule has 0 saturated heterocycles. The molecule has 3 nitrogen and oxygen atoms in total. The van der Waals surface area contributed by atoms with Crippen molar-refractivity contribution >= 4 is 16.9 Å². The van der Waals surface area contributed by atoms with Crippen molar-refractivity contribution in [3.05, 3.63) is 60.8 Å². The minimum absolute atomic E-state index is 0.328. The van der Waals surface area contributed by atoms with Gasteiger partial charge in [0.1, 0.15) is 5.75 Å². The van der Waals surface area contributed by atoms with Crippen LogP contribution in [-0.2, 0) is 4.79 Å². The van der Waals surface area contributed by atoms with Crippen LogP contribution in [0.3, 0.4) is 0 Å². The maximum Gasteiger partial charge on any atom is 0.308 e. The summed E-state index contributed by atoms with van der Waals surface area (Å²) in [5, 5.41) is 1.06. The smallest absolute Gasteiger partial charge is 0.308 e. The first kappa shape index (κ1) is 12.4. The number of ether oxygens (including phenoxy) is 1. The summed E-state index contributed by atoms with van der Waals surface area (Å²) in [7, 11) is 0. The number of para-hydroxylation sites is 2. The predicted molar refractivity (Wildman–Crippen MR) is 78.5 cm³/mol. The summed E-state index contributed by atoms with van der Waals surface area (Å²) in [5.74, 6) is 0.226. The Kier molecular flexibility index (Phi) is 3.17. The lowest BCUT2D eigenvalue weighted by molar-refractivity contribution is -0.131. The zero-order valence-corrected chi connectivity index (χ0v) is 11.0. The van der Waals surface area contributed by atoms with E-state index >= 15 is 0 Å². The second-order valence-electron chi connectivity index (χ2n) is 4.47. The van der Waals surface area contributed by atoms with E-state index in [-0.39, 0.29) is 5.97 Å². The molecule has 0 fully saturated rings. The third kappa shape index (κ3) is 2.26. The third-order valence-corrected chi connectivity index (χ3v) is 3.06. The van der Waals surface area contributed by atoms with E-state index in [0.29, 0.717) is 5.75 Å². The summed E-state index contributed by atoms with van der Waals surface area (Å²) in [6, 6.07) is 17.4. The van der Waals surface area contributed by atoms with Gasteiger partial charge in [-0.3, -0.25) is 9.78 Å². The Morgan fingerprint density at radius 1 is 0.950 bits per heavy atom. The van der Waals surface area contributed by atoms with Crippen LogP contribution in [-0.4, -0.2) is 11.0 Å². The van der Waals surface area contributed by atoms with Crippen LogP contribution in [0.5, 0.6) is 5.75 Å². The Morgan fingerprint density at radius 2 is 1.70 bits per heavy atom. The molecule has 0 amide bonds. The van der Waals surface area contributed by atoms with Crippen LogP contribution in [0, 0.1) is 0 Å². The molecule has 0 unspecified atom stereocenters. The predicted octanol–water partition coefficient (Wildman–Crippen LogP) is 3.83. The molecular formula is C17H13NO2. The SMILES string of the molecule is CC(=O)Oc1ccccc1-c1cccc2cccnc12. The van der Waals surface area contributed by atoms with Gasteiger partial charge < -0.3 is 4.74 Å². The van der Waals surface area contributed by atoms with Crippen molar-refractivity contribution in [3.63, 3.8) is 0 Å². The molecule has 0 N–H and O–H groups in total. The highest BCUT2D eigenvalue weighted by Crippen LogP contribution is 2.33. The topological polar surface area (TPSA) is 39.2 Å². The number of benzene rings is 2. The summed E-state index contributed by atoms with van der Waals surface area (Å²) in [5.41, 5.74) is 2.72. The minimum Gasteiger partial charge on any atom is -0.426 e. The second kappa shape index (κ2) is 5.13. The lowest BCUT2D eigenvalue weighted by atomic mass is 10.0. The van der Waals surface area contributed by atoms with Crippen molar-refractivity contribution in [2.45, 2.75) is 6.92 Å². The van der Waals surface area contributed by atoms with E-state index < -0.39 is 0 Å².